The molecule has 2 aromatic carbocycles. The van der Waals surface area contributed by atoms with Gasteiger partial charge in [0.15, 0.2) is 6.61 Å². The molecule has 2 aromatic rings. The third kappa shape index (κ3) is 6.93. The zero-order valence-corrected chi connectivity index (χ0v) is 18.1. The fourth-order valence-corrected chi connectivity index (χ4v) is 2.83. The summed E-state index contributed by atoms with van der Waals surface area (Å²) in [4.78, 5) is 25.5. The topological polar surface area (TPSA) is 58.6 Å². The first-order chi connectivity index (χ1) is 13.7. The number of hydrogen-bond acceptors (Lipinski definition) is 3. The van der Waals surface area contributed by atoms with Crippen molar-refractivity contribution in [1.29, 1.82) is 0 Å². The van der Waals surface area contributed by atoms with Gasteiger partial charge in [0.25, 0.3) is 5.91 Å². The normalized spacial score (nSPS) is 11.1. The molecule has 0 aliphatic carbocycles. The van der Waals surface area contributed by atoms with Gasteiger partial charge in [0.2, 0.25) is 5.91 Å². The predicted molar refractivity (Wildman–Crippen MR) is 117 cm³/mol. The van der Waals surface area contributed by atoms with Crippen LogP contribution in [0.2, 0.25) is 0 Å². The SMILES string of the molecule is CCC(C)(C)c1ccc(OCC(=O)Nc2cccc(CCC(=O)N(C)C)c2)cc1. The fourth-order valence-electron chi connectivity index (χ4n) is 2.83. The summed E-state index contributed by atoms with van der Waals surface area (Å²) in [5.74, 6) is 0.539. The Labute approximate surface area is 174 Å². The van der Waals surface area contributed by atoms with E-state index in [9.17, 15) is 9.59 Å². The lowest BCUT2D eigenvalue weighted by Crippen LogP contribution is -2.22. The Hall–Kier alpha value is -2.82. The number of aryl methyl sites for hydroxylation is 1. The van der Waals surface area contributed by atoms with E-state index in [0.717, 1.165) is 12.0 Å². The van der Waals surface area contributed by atoms with E-state index in [-0.39, 0.29) is 23.8 Å². The van der Waals surface area contributed by atoms with E-state index in [1.54, 1.807) is 19.0 Å². The Bertz CT molecular complexity index is 826. The summed E-state index contributed by atoms with van der Waals surface area (Å²) in [6, 6.07) is 15.5. The average Bonchev–Trinajstić information content (AvgIpc) is 2.71. The van der Waals surface area contributed by atoms with Gasteiger partial charge in [-0.15, -0.1) is 0 Å². The van der Waals surface area contributed by atoms with Gasteiger partial charge in [-0.1, -0.05) is 45.0 Å². The zero-order valence-electron chi connectivity index (χ0n) is 18.1. The second kappa shape index (κ2) is 10.1. The maximum absolute atomic E-state index is 12.2. The maximum atomic E-state index is 12.2. The fraction of sp³-hybridized carbons (Fsp3) is 0.417. The van der Waals surface area contributed by atoms with Crippen LogP contribution in [0.5, 0.6) is 5.75 Å². The molecule has 0 aliphatic rings. The molecule has 29 heavy (non-hydrogen) atoms. The maximum Gasteiger partial charge on any atom is 0.262 e. The molecule has 2 rings (SSSR count). The number of benzene rings is 2. The molecule has 0 unspecified atom stereocenters. The summed E-state index contributed by atoms with van der Waals surface area (Å²) in [7, 11) is 3.49. The van der Waals surface area contributed by atoms with Crippen LogP contribution >= 0.6 is 0 Å². The van der Waals surface area contributed by atoms with Gasteiger partial charge in [-0.2, -0.15) is 0 Å². The number of carbonyl (C=O) groups is 2. The third-order valence-corrected chi connectivity index (χ3v) is 5.23. The van der Waals surface area contributed by atoms with Gasteiger partial charge >= 0.3 is 0 Å². The number of nitrogens with one attached hydrogen (secondary N) is 1. The largest absolute Gasteiger partial charge is 0.484 e. The highest BCUT2D eigenvalue weighted by atomic mass is 16.5. The van der Waals surface area contributed by atoms with Crippen molar-refractivity contribution in [3.05, 3.63) is 59.7 Å². The van der Waals surface area contributed by atoms with Crippen molar-refractivity contribution in [3.8, 4) is 5.75 Å². The number of ether oxygens (including phenoxy) is 1. The van der Waals surface area contributed by atoms with Gasteiger partial charge in [0.05, 0.1) is 0 Å². The van der Waals surface area contributed by atoms with Crippen molar-refractivity contribution < 1.29 is 14.3 Å². The summed E-state index contributed by atoms with van der Waals surface area (Å²) < 4.78 is 5.61. The number of rotatable bonds is 9. The molecular formula is C24H32N2O3. The number of amides is 2. The van der Waals surface area contributed by atoms with Crippen LogP contribution in [0.3, 0.4) is 0 Å². The van der Waals surface area contributed by atoms with Gasteiger partial charge in [0, 0.05) is 26.2 Å². The van der Waals surface area contributed by atoms with Crippen LogP contribution in [0.1, 0.15) is 44.7 Å². The molecule has 5 heteroatoms. The highest BCUT2D eigenvalue weighted by Gasteiger charge is 2.17. The minimum Gasteiger partial charge on any atom is -0.484 e. The van der Waals surface area contributed by atoms with Crippen molar-refractivity contribution in [1.82, 2.24) is 4.90 Å². The van der Waals surface area contributed by atoms with E-state index >= 15 is 0 Å². The van der Waals surface area contributed by atoms with E-state index < -0.39 is 0 Å². The Balaban J connectivity index is 1.86. The average molecular weight is 397 g/mol. The first-order valence-electron chi connectivity index (χ1n) is 10.0. The second-order valence-corrected chi connectivity index (χ2v) is 8.09. The minimum absolute atomic E-state index is 0.0557. The van der Waals surface area contributed by atoms with Crippen molar-refractivity contribution >= 4 is 17.5 Å². The van der Waals surface area contributed by atoms with Gasteiger partial charge in [0.1, 0.15) is 5.75 Å². The molecule has 156 valence electrons. The van der Waals surface area contributed by atoms with Gasteiger partial charge < -0.3 is 15.0 Å². The highest BCUT2D eigenvalue weighted by molar-refractivity contribution is 5.92. The first-order valence-corrected chi connectivity index (χ1v) is 10.0. The molecule has 0 aromatic heterocycles. The van der Waals surface area contributed by atoms with Gasteiger partial charge in [-0.05, 0) is 53.6 Å². The molecule has 0 fully saturated rings. The number of nitrogens with zero attached hydrogens (tertiary/aromatic N) is 1. The lowest BCUT2D eigenvalue weighted by Gasteiger charge is -2.23. The van der Waals surface area contributed by atoms with Crippen molar-refractivity contribution in [2.24, 2.45) is 0 Å². The Morgan fingerprint density at radius 3 is 2.38 bits per heavy atom. The molecule has 0 atom stereocenters. The monoisotopic (exact) mass is 396 g/mol. The summed E-state index contributed by atoms with van der Waals surface area (Å²) in [6.07, 6.45) is 2.13. The Morgan fingerprint density at radius 2 is 1.76 bits per heavy atom. The highest BCUT2D eigenvalue weighted by Crippen LogP contribution is 2.28. The zero-order chi connectivity index (χ0) is 21.4. The van der Waals surface area contributed by atoms with Gasteiger partial charge in [-0.3, -0.25) is 9.59 Å². The predicted octanol–water partition coefficient (Wildman–Crippen LogP) is 4.41. The number of carbonyl (C=O) groups excluding carboxylic acids is 2. The van der Waals surface area contributed by atoms with Gasteiger partial charge in [-0.25, -0.2) is 0 Å². The Kier molecular flexibility index (Phi) is 7.82. The standard InChI is InChI=1S/C24H32N2O3/c1-6-24(2,3)19-11-13-21(14-12-19)29-17-22(27)25-20-9-7-8-18(16-20)10-15-23(28)26(4)5/h7-9,11-14,16H,6,10,15,17H2,1-5H3,(H,25,27). The third-order valence-electron chi connectivity index (χ3n) is 5.23. The van der Waals surface area contributed by atoms with E-state index in [2.05, 4.69) is 38.2 Å². The first kappa shape index (κ1) is 22.5. The van der Waals surface area contributed by atoms with Crippen molar-refractivity contribution in [2.75, 3.05) is 26.0 Å². The van der Waals surface area contributed by atoms with E-state index in [0.29, 0.717) is 24.3 Å². The molecule has 2 amide bonds. The molecule has 0 spiro atoms. The van der Waals surface area contributed by atoms with Crippen LogP contribution in [-0.2, 0) is 21.4 Å². The number of anilines is 1. The van der Waals surface area contributed by atoms with E-state index in [4.69, 9.17) is 4.74 Å². The molecule has 5 nitrogen and oxygen atoms in total. The van der Waals surface area contributed by atoms with Crippen LogP contribution in [0, 0.1) is 0 Å². The second-order valence-electron chi connectivity index (χ2n) is 8.09. The molecule has 0 aliphatic heterocycles. The Morgan fingerprint density at radius 1 is 1.07 bits per heavy atom. The molecule has 0 saturated heterocycles. The summed E-state index contributed by atoms with van der Waals surface area (Å²) in [6.45, 7) is 6.53. The number of hydrogen-bond donors (Lipinski definition) is 1. The van der Waals surface area contributed by atoms with Crippen LogP contribution in [-0.4, -0.2) is 37.4 Å². The minimum atomic E-state index is -0.218. The molecule has 0 heterocycles. The van der Waals surface area contributed by atoms with Crippen molar-refractivity contribution in [3.63, 3.8) is 0 Å². The van der Waals surface area contributed by atoms with Crippen LogP contribution in [0.15, 0.2) is 48.5 Å². The lowest BCUT2D eigenvalue weighted by atomic mass is 9.82. The van der Waals surface area contributed by atoms with Crippen LogP contribution in [0.4, 0.5) is 5.69 Å². The summed E-state index contributed by atoms with van der Waals surface area (Å²) in [5.41, 5.74) is 3.08. The lowest BCUT2D eigenvalue weighted by molar-refractivity contribution is -0.128. The molecule has 0 saturated carbocycles. The van der Waals surface area contributed by atoms with Crippen LogP contribution in [0.25, 0.3) is 0 Å². The summed E-state index contributed by atoms with van der Waals surface area (Å²) in [5, 5.41) is 2.85. The molecule has 0 radical (unpaired) electrons. The molecule has 1 N–H and O–H groups in total. The molecular weight excluding hydrogens is 364 g/mol. The van der Waals surface area contributed by atoms with E-state index in [1.807, 2.05) is 36.4 Å². The quantitative estimate of drug-likeness (QED) is 0.683. The van der Waals surface area contributed by atoms with E-state index in [1.165, 1.54) is 5.56 Å². The summed E-state index contributed by atoms with van der Waals surface area (Å²) >= 11 is 0. The van der Waals surface area contributed by atoms with Crippen LogP contribution < -0.4 is 10.1 Å². The smallest absolute Gasteiger partial charge is 0.262 e. The molecule has 0 bridgehead atoms. The van der Waals surface area contributed by atoms with Crippen molar-refractivity contribution in [2.45, 2.75) is 45.4 Å².